The zero-order chi connectivity index (χ0) is 9.31. The summed E-state index contributed by atoms with van der Waals surface area (Å²) in [6.07, 6.45) is 0. The van der Waals surface area contributed by atoms with Crippen molar-refractivity contribution in [2.45, 2.75) is 5.54 Å². The molecular weight excluding hydrogens is 172 g/mol. The minimum Gasteiger partial charge on any atom is -0.377 e. The monoisotopic (exact) mass is 186 g/mol. The largest absolute Gasteiger partial charge is 0.377 e. The lowest BCUT2D eigenvalue weighted by molar-refractivity contribution is -0.175. The van der Waals surface area contributed by atoms with Crippen molar-refractivity contribution >= 4 is 5.91 Å². The Hall–Kier alpha value is -0.650. The van der Waals surface area contributed by atoms with Gasteiger partial charge in [0.15, 0.2) is 0 Å². The molecule has 2 heterocycles. The molecule has 2 saturated heterocycles. The third-order valence-corrected chi connectivity index (χ3v) is 2.68. The van der Waals surface area contributed by atoms with E-state index < -0.39 is 5.54 Å². The zero-order valence-corrected chi connectivity index (χ0v) is 7.49. The van der Waals surface area contributed by atoms with E-state index in [2.05, 4.69) is 0 Å². The van der Waals surface area contributed by atoms with Gasteiger partial charge in [0.05, 0.1) is 19.8 Å². The van der Waals surface area contributed by atoms with Crippen molar-refractivity contribution < 1.29 is 14.3 Å². The summed E-state index contributed by atoms with van der Waals surface area (Å²) in [4.78, 5) is 13.3. The van der Waals surface area contributed by atoms with E-state index in [0.29, 0.717) is 32.9 Å². The fourth-order valence-electron chi connectivity index (χ4n) is 1.88. The normalized spacial score (nSPS) is 34.5. The summed E-state index contributed by atoms with van der Waals surface area (Å²) in [6, 6.07) is 0. The van der Waals surface area contributed by atoms with E-state index in [1.54, 1.807) is 4.90 Å². The molecule has 5 heteroatoms. The molecule has 0 radical (unpaired) electrons. The van der Waals surface area contributed by atoms with Gasteiger partial charge in [-0.1, -0.05) is 0 Å². The lowest BCUT2D eigenvalue weighted by Gasteiger charge is -2.48. The van der Waals surface area contributed by atoms with Gasteiger partial charge in [0.2, 0.25) is 5.91 Å². The maximum absolute atomic E-state index is 11.5. The van der Waals surface area contributed by atoms with Crippen LogP contribution in [0.1, 0.15) is 0 Å². The summed E-state index contributed by atoms with van der Waals surface area (Å²) in [5, 5.41) is 0. The molecule has 5 nitrogen and oxygen atoms in total. The highest BCUT2D eigenvalue weighted by Crippen LogP contribution is 2.23. The highest BCUT2D eigenvalue weighted by Gasteiger charge is 2.44. The van der Waals surface area contributed by atoms with Gasteiger partial charge in [-0.25, -0.2) is 0 Å². The fourth-order valence-corrected chi connectivity index (χ4v) is 1.88. The first kappa shape index (κ1) is 8.93. The molecule has 0 saturated carbocycles. The molecule has 1 atom stereocenters. The molecule has 0 aromatic carbocycles. The van der Waals surface area contributed by atoms with E-state index in [1.807, 2.05) is 0 Å². The van der Waals surface area contributed by atoms with Gasteiger partial charge in [-0.05, 0) is 0 Å². The fraction of sp³-hybridized carbons (Fsp3) is 0.875. The van der Waals surface area contributed by atoms with Gasteiger partial charge in [0.1, 0.15) is 12.1 Å². The van der Waals surface area contributed by atoms with Crippen LogP contribution in [0, 0.1) is 0 Å². The van der Waals surface area contributed by atoms with Gasteiger partial charge in [0.25, 0.3) is 0 Å². The highest BCUT2D eigenvalue weighted by molar-refractivity contribution is 5.79. The van der Waals surface area contributed by atoms with E-state index in [-0.39, 0.29) is 12.5 Å². The first-order valence-corrected chi connectivity index (χ1v) is 4.44. The number of fused-ring (bicyclic) bond motifs is 1. The third-order valence-electron chi connectivity index (χ3n) is 2.68. The van der Waals surface area contributed by atoms with Crippen LogP contribution in [0.4, 0.5) is 0 Å². The van der Waals surface area contributed by atoms with Gasteiger partial charge in [-0.15, -0.1) is 0 Å². The number of morpholine rings is 2. The number of carbonyl (C=O) groups is 1. The number of hydrogen-bond donors (Lipinski definition) is 1. The average molecular weight is 186 g/mol. The summed E-state index contributed by atoms with van der Waals surface area (Å²) in [6.45, 7) is 2.82. The molecule has 0 aromatic rings. The lowest BCUT2D eigenvalue weighted by atomic mass is 9.96. The van der Waals surface area contributed by atoms with Crippen molar-refractivity contribution in [2.75, 3.05) is 39.5 Å². The van der Waals surface area contributed by atoms with Crippen molar-refractivity contribution in [3.8, 4) is 0 Å². The maximum Gasteiger partial charge on any atom is 0.249 e. The quantitative estimate of drug-likeness (QED) is 0.545. The summed E-state index contributed by atoms with van der Waals surface area (Å²) in [5.41, 5.74) is 5.26. The van der Waals surface area contributed by atoms with Crippen molar-refractivity contribution in [2.24, 2.45) is 5.73 Å². The molecular formula is C8H14N2O3. The molecule has 2 fully saturated rings. The Balaban J connectivity index is 2.21. The number of amides is 1. The standard InChI is InChI=1S/C8H14N2O3/c9-4-8-5-12-2-1-10(8)7(11)3-13-6-8/h1-6,9H2. The molecule has 0 spiro atoms. The molecule has 0 aromatic heterocycles. The van der Waals surface area contributed by atoms with Crippen molar-refractivity contribution in [3.05, 3.63) is 0 Å². The van der Waals surface area contributed by atoms with Crippen molar-refractivity contribution in [3.63, 3.8) is 0 Å². The first-order valence-electron chi connectivity index (χ1n) is 4.44. The van der Waals surface area contributed by atoms with Crippen LogP contribution in [0.3, 0.4) is 0 Å². The molecule has 0 bridgehead atoms. The molecule has 2 rings (SSSR count). The van der Waals surface area contributed by atoms with E-state index in [1.165, 1.54) is 0 Å². The Kier molecular flexibility index (Phi) is 2.23. The summed E-state index contributed by atoms with van der Waals surface area (Å²) < 4.78 is 10.5. The van der Waals surface area contributed by atoms with Crippen molar-refractivity contribution in [1.82, 2.24) is 4.90 Å². The molecule has 0 aliphatic carbocycles. The van der Waals surface area contributed by atoms with Crippen LogP contribution >= 0.6 is 0 Å². The predicted molar refractivity (Wildman–Crippen MR) is 45.1 cm³/mol. The molecule has 2 N–H and O–H groups in total. The van der Waals surface area contributed by atoms with E-state index >= 15 is 0 Å². The van der Waals surface area contributed by atoms with Crippen LogP contribution in [0.25, 0.3) is 0 Å². The smallest absolute Gasteiger partial charge is 0.249 e. The predicted octanol–water partition coefficient (Wildman–Crippen LogP) is -1.43. The average Bonchev–Trinajstić information content (AvgIpc) is 2.18. The Morgan fingerprint density at radius 1 is 1.46 bits per heavy atom. The number of ether oxygens (including phenoxy) is 2. The van der Waals surface area contributed by atoms with Crippen LogP contribution in [-0.4, -0.2) is 55.9 Å². The van der Waals surface area contributed by atoms with Gasteiger partial charge in [0, 0.05) is 13.1 Å². The minimum absolute atomic E-state index is 0.0278. The zero-order valence-electron chi connectivity index (χ0n) is 7.49. The van der Waals surface area contributed by atoms with E-state index in [0.717, 1.165) is 0 Å². The van der Waals surface area contributed by atoms with Crippen LogP contribution in [0.2, 0.25) is 0 Å². The number of carbonyl (C=O) groups excluding carboxylic acids is 1. The number of rotatable bonds is 1. The molecule has 1 amide bonds. The van der Waals surface area contributed by atoms with Gasteiger partial charge in [-0.2, -0.15) is 0 Å². The Morgan fingerprint density at radius 3 is 2.92 bits per heavy atom. The van der Waals surface area contributed by atoms with E-state index in [4.69, 9.17) is 15.2 Å². The molecule has 1 unspecified atom stereocenters. The van der Waals surface area contributed by atoms with Gasteiger partial charge >= 0.3 is 0 Å². The first-order chi connectivity index (χ1) is 6.28. The number of hydrogen-bond acceptors (Lipinski definition) is 4. The van der Waals surface area contributed by atoms with E-state index in [9.17, 15) is 4.79 Å². The summed E-state index contributed by atoms with van der Waals surface area (Å²) >= 11 is 0. The Bertz CT molecular complexity index is 217. The second-order valence-corrected chi connectivity index (χ2v) is 3.52. The number of nitrogens with zero attached hydrogens (tertiary/aromatic N) is 1. The summed E-state index contributed by atoms with van der Waals surface area (Å²) in [7, 11) is 0. The second-order valence-electron chi connectivity index (χ2n) is 3.52. The topological polar surface area (TPSA) is 64.8 Å². The lowest BCUT2D eigenvalue weighted by Crippen LogP contribution is -2.68. The Labute approximate surface area is 76.8 Å². The Morgan fingerprint density at radius 2 is 2.23 bits per heavy atom. The molecule has 13 heavy (non-hydrogen) atoms. The van der Waals surface area contributed by atoms with Crippen LogP contribution in [0.5, 0.6) is 0 Å². The van der Waals surface area contributed by atoms with Crippen molar-refractivity contribution in [1.29, 1.82) is 0 Å². The maximum atomic E-state index is 11.5. The molecule has 74 valence electrons. The summed E-state index contributed by atoms with van der Waals surface area (Å²) in [5.74, 6) is 0.0278. The highest BCUT2D eigenvalue weighted by atomic mass is 16.5. The van der Waals surface area contributed by atoms with Crippen LogP contribution in [0.15, 0.2) is 0 Å². The minimum atomic E-state index is -0.395. The second kappa shape index (κ2) is 3.25. The third kappa shape index (κ3) is 1.33. The van der Waals surface area contributed by atoms with Crippen LogP contribution < -0.4 is 5.73 Å². The van der Waals surface area contributed by atoms with Gasteiger partial charge in [-0.3, -0.25) is 4.79 Å². The number of nitrogens with two attached hydrogens (primary N) is 1. The molecule has 2 aliphatic heterocycles. The molecule has 2 aliphatic rings. The van der Waals surface area contributed by atoms with Crippen LogP contribution in [-0.2, 0) is 14.3 Å². The van der Waals surface area contributed by atoms with Gasteiger partial charge < -0.3 is 20.1 Å². The SMILES string of the molecule is NCC12COCCN1C(=O)COC2.